The van der Waals surface area contributed by atoms with Gasteiger partial charge in [-0.15, -0.1) is 0 Å². The zero-order valence-electron chi connectivity index (χ0n) is 10.8. The summed E-state index contributed by atoms with van der Waals surface area (Å²) in [6, 6.07) is 16.5. The summed E-state index contributed by atoms with van der Waals surface area (Å²) in [5.74, 6) is 1.65. The second kappa shape index (κ2) is 6.19. The first-order chi connectivity index (χ1) is 9.75. The van der Waals surface area contributed by atoms with Crippen molar-refractivity contribution in [2.75, 3.05) is 13.2 Å². The molecule has 1 heterocycles. The number of fused-ring (bicyclic) bond motifs is 1. The molecule has 0 aliphatic carbocycles. The average molecular weight is 398 g/mol. The number of ether oxygens (including phenoxy) is 2. The van der Waals surface area contributed by atoms with Crippen molar-refractivity contribution < 1.29 is 9.47 Å². The summed E-state index contributed by atoms with van der Waals surface area (Å²) in [7, 11) is 0. The van der Waals surface area contributed by atoms with Gasteiger partial charge < -0.3 is 9.47 Å². The second-order valence-electron chi connectivity index (χ2n) is 4.62. The Morgan fingerprint density at radius 2 is 1.40 bits per heavy atom. The Balaban J connectivity index is 1.85. The molecular weight excluding hydrogens is 384 g/mol. The summed E-state index contributed by atoms with van der Waals surface area (Å²) in [6.45, 7) is 1.23. The van der Waals surface area contributed by atoms with Crippen molar-refractivity contribution >= 4 is 31.9 Å². The van der Waals surface area contributed by atoms with Gasteiger partial charge in [0.05, 0.1) is 9.65 Å². The lowest BCUT2D eigenvalue weighted by molar-refractivity contribution is 0.171. The molecule has 1 aliphatic heterocycles. The fraction of sp³-hybridized carbons (Fsp3) is 0.250. The summed E-state index contributed by atoms with van der Waals surface area (Å²) < 4.78 is 11.2. The molecule has 0 fully saturated rings. The van der Waals surface area contributed by atoms with Crippen molar-refractivity contribution in [3.05, 3.63) is 59.7 Å². The Bertz CT molecular complexity index is 586. The summed E-state index contributed by atoms with van der Waals surface area (Å²) in [5.41, 5.74) is 2.41. The molecule has 1 aliphatic rings. The fourth-order valence-electron chi connectivity index (χ4n) is 2.21. The van der Waals surface area contributed by atoms with Gasteiger partial charge in [0.1, 0.15) is 13.2 Å². The Morgan fingerprint density at radius 3 is 2.15 bits per heavy atom. The maximum atomic E-state index is 5.64. The maximum Gasteiger partial charge on any atom is 0.161 e. The van der Waals surface area contributed by atoms with Gasteiger partial charge >= 0.3 is 0 Å². The molecule has 2 atom stereocenters. The van der Waals surface area contributed by atoms with E-state index in [9.17, 15) is 0 Å². The maximum absolute atomic E-state index is 5.64. The largest absolute Gasteiger partial charge is 0.486 e. The first-order valence-electron chi connectivity index (χ1n) is 6.48. The highest BCUT2D eigenvalue weighted by Crippen LogP contribution is 2.44. The van der Waals surface area contributed by atoms with E-state index >= 15 is 0 Å². The third kappa shape index (κ3) is 2.86. The standard InChI is InChI=1S/C16H14Br2O2/c17-15(11-4-2-1-3-5-11)16(18)12-6-7-13-14(10-12)20-9-8-19-13/h1-7,10,15-16H,8-9H2/t15-,16+/m0/s1. The van der Waals surface area contributed by atoms with Crippen LogP contribution in [0.1, 0.15) is 20.8 Å². The zero-order valence-corrected chi connectivity index (χ0v) is 13.9. The predicted molar refractivity (Wildman–Crippen MR) is 87.2 cm³/mol. The Labute approximate surface area is 135 Å². The molecule has 0 saturated heterocycles. The topological polar surface area (TPSA) is 18.5 Å². The number of alkyl halides is 2. The zero-order chi connectivity index (χ0) is 13.9. The molecule has 0 bridgehead atoms. The summed E-state index contributed by atoms with van der Waals surface area (Å²) in [4.78, 5) is 0.368. The van der Waals surface area contributed by atoms with Crippen LogP contribution in [-0.2, 0) is 0 Å². The van der Waals surface area contributed by atoms with Gasteiger partial charge in [-0.3, -0.25) is 0 Å². The van der Waals surface area contributed by atoms with Gasteiger partial charge in [-0.1, -0.05) is 68.3 Å². The van der Waals surface area contributed by atoms with Crippen LogP contribution in [-0.4, -0.2) is 13.2 Å². The molecule has 0 unspecified atom stereocenters. The highest BCUT2D eigenvalue weighted by atomic mass is 79.9. The van der Waals surface area contributed by atoms with E-state index in [0.717, 1.165) is 11.5 Å². The van der Waals surface area contributed by atoms with E-state index < -0.39 is 0 Å². The SMILES string of the molecule is Br[C@H](c1ccc2c(c1)OCCO2)[C@@H](Br)c1ccccc1. The summed E-state index contributed by atoms with van der Waals surface area (Å²) in [6.07, 6.45) is 0. The number of rotatable bonds is 3. The number of halogens is 2. The molecule has 2 aromatic carbocycles. The molecule has 3 rings (SSSR count). The lowest BCUT2D eigenvalue weighted by Crippen LogP contribution is -2.15. The lowest BCUT2D eigenvalue weighted by atomic mass is 10.0. The highest BCUT2D eigenvalue weighted by molar-refractivity contribution is 9.12. The summed E-state index contributed by atoms with van der Waals surface area (Å²) >= 11 is 7.54. The van der Waals surface area contributed by atoms with Crippen LogP contribution >= 0.6 is 31.9 Å². The molecule has 0 aromatic heterocycles. The van der Waals surface area contributed by atoms with Gasteiger partial charge in [-0.2, -0.15) is 0 Å². The van der Waals surface area contributed by atoms with Crippen LogP contribution in [0.25, 0.3) is 0 Å². The molecule has 2 aromatic rings. The Morgan fingerprint density at radius 1 is 0.750 bits per heavy atom. The van der Waals surface area contributed by atoms with Crippen LogP contribution in [0.5, 0.6) is 11.5 Å². The van der Waals surface area contributed by atoms with Gasteiger partial charge in [0.15, 0.2) is 11.5 Å². The van der Waals surface area contributed by atoms with Crippen LogP contribution < -0.4 is 9.47 Å². The monoisotopic (exact) mass is 396 g/mol. The smallest absolute Gasteiger partial charge is 0.161 e. The number of hydrogen-bond donors (Lipinski definition) is 0. The molecule has 20 heavy (non-hydrogen) atoms. The minimum absolute atomic E-state index is 0.167. The van der Waals surface area contributed by atoms with Crippen LogP contribution in [0, 0.1) is 0 Å². The van der Waals surface area contributed by atoms with E-state index in [1.54, 1.807) is 0 Å². The van der Waals surface area contributed by atoms with E-state index in [2.05, 4.69) is 50.1 Å². The molecule has 4 heteroatoms. The third-order valence-corrected chi connectivity index (χ3v) is 6.08. The molecule has 0 spiro atoms. The molecule has 0 amide bonds. The van der Waals surface area contributed by atoms with Crippen LogP contribution in [0.4, 0.5) is 0 Å². The normalized spacial score (nSPS) is 16.5. The van der Waals surface area contributed by atoms with Crippen molar-refractivity contribution in [1.82, 2.24) is 0 Å². The molecule has 104 valence electrons. The first-order valence-corrected chi connectivity index (χ1v) is 8.31. The minimum atomic E-state index is 0.167. The average Bonchev–Trinajstić information content (AvgIpc) is 2.54. The quantitative estimate of drug-likeness (QED) is 0.676. The lowest BCUT2D eigenvalue weighted by Gasteiger charge is -2.22. The minimum Gasteiger partial charge on any atom is -0.486 e. The Kier molecular flexibility index (Phi) is 4.32. The van der Waals surface area contributed by atoms with Gasteiger partial charge in [0, 0.05) is 0 Å². The molecule has 0 saturated carbocycles. The van der Waals surface area contributed by atoms with E-state index in [4.69, 9.17) is 9.47 Å². The first kappa shape index (κ1) is 14.0. The molecular formula is C16H14Br2O2. The predicted octanol–water partition coefficient (Wildman–Crippen LogP) is 5.03. The number of hydrogen-bond acceptors (Lipinski definition) is 2. The van der Waals surface area contributed by atoms with Gasteiger partial charge in [0.25, 0.3) is 0 Å². The van der Waals surface area contributed by atoms with E-state index in [0.29, 0.717) is 13.2 Å². The molecule has 0 N–H and O–H groups in total. The Hall–Kier alpha value is -1.00. The van der Waals surface area contributed by atoms with Crippen molar-refractivity contribution in [3.63, 3.8) is 0 Å². The van der Waals surface area contributed by atoms with E-state index in [1.165, 1.54) is 11.1 Å². The van der Waals surface area contributed by atoms with Crippen LogP contribution in [0.15, 0.2) is 48.5 Å². The van der Waals surface area contributed by atoms with Crippen molar-refractivity contribution in [1.29, 1.82) is 0 Å². The van der Waals surface area contributed by atoms with E-state index in [-0.39, 0.29) is 9.65 Å². The highest BCUT2D eigenvalue weighted by Gasteiger charge is 2.22. The van der Waals surface area contributed by atoms with Crippen molar-refractivity contribution in [3.8, 4) is 11.5 Å². The summed E-state index contributed by atoms with van der Waals surface area (Å²) in [5, 5.41) is 0. The van der Waals surface area contributed by atoms with E-state index in [1.807, 2.05) is 30.3 Å². The van der Waals surface area contributed by atoms with Crippen LogP contribution in [0.3, 0.4) is 0 Å². The van der Waals surface area contributed by atoms with Gasteiger partial charge in [0.2, 0.25) is 0 Å². The molecule has 0 radical (unpaired) electrons. The van der Waals surface area contributed by atoms with Gasteiger partial charge in [-0.05, 0) is 23.3 Å². The van der Waals surface area contributed by atoms with Crippen LogP contribution in [0.2, 0.25) is 0 Å². The second-order valence-corrected chi connectivity index (χ2v) is 6.59. The molecule has 2 nitrogen and oxygen atoms in total. The fourth-order valence-corrected chi connectivity index (χ4v) is 3.41. The third-order valence-electron chi connectivity index (χ3n) is 3.26. The van der Waals surface area contributed by atoms with Crippen molar-refractivity contribution in [2.24, 2.45) is 0 Å². The number of benzene rings is 2. The van der Waals surface area contributed by atoms with Gasteiger partial charge in [-0.25, -0.2) is 0 Å². The van der Waals surface area contributed by atoms with Crippen molar-refractivity contribution in [2.45, 2.75) is 9.65 Å².